The number of aromatic nitrogens is 2. The molecule has 0 unspecified atom stereocenters. The van der Waals surface area contributed by atoms with E-state index in [1.807, 2.05) is 18.4 Å². The Hall–Kier alpha value is -0.160. The molecule has 0 aliphatic carbocycles. The van der Waals surface area contributed by atoms with E-state index < -0.39 is 0 Å². The predicted octanol–water partition coefficient (Wildman–Crippen LogP) is 4.60. The number of halogens is 2. The molecule has 0 N–H and O–H groups in total. The average Bonchev–Trinajstić information content (AvgIpc) is 2.41. The molecule has 20 heavy (non-hydrogen) atoms. The second-order valence-corrected chi connectivity index (χ2v) is 6.95. The number of aryl methyl sites for hydroxylation is 1. The van der Waals surface area contributed by atoms with E-state index in [1.165, 1.54) is 0 Å². The first-order valence-corrected chi connectivity index (χ1v) is 9.11. The Morgan fingerprint density at radius 3 is 2.20 bits per heavy atom. The third-order valence-electron chi connectivity index (χ3n) is 3.87. The molecule has 0 fully saturated rings. The van der Waals surface area contributed by atoms with Crippen molar-refractivity contribution in [3.8, 4) is 0 Å². The summed E-state index contributed by atoms with van der Waals surface area (Å²) in [7, 11) is 0. The highest BCUT2D eigenvalue weighted by Gasteiger charge is 2.29. The van der Waals surface area contributed by atoms with Crippen LogP contribution in [0.25, 0.3) is 0 Å². The van der Waals surface area contributed by atoms with Crippen molar-refractivity contribution in [3.63, 3.8) is 0 Å². The molecule has 0 aliphatic heterocycles. The second kappa shape index (κ2) is 7.74. The lowest BCUT2D eigenvalue weighted by Crippen LogP contribution is -2.36. The van der Waals surface area contributed by atoms with Crippen LogP contribution in [-0.2, 0) is 6.54 Å². The van der Waals surface area contributed by atoms with Crippen LogP contribution < -0.4 is 5.69 Å². The van der Waals surface area contributed by atoms with Crippen LogP contribution in [-0.4, -0.2) is 14.9 Å². The van der Waals surface area contributed by atoms with E-state index in [1.54, 1.807) is 0 Å². The number of hydrogen-bond donors (Lipinski definition) is 0. The highest BCUT2D eigenvalue weighted by atomic mass is 79.9. The molecule has 114 valence electrons. The van der Waals surface area contributed by atoms with E-state index in [0.717, 1.165) is 53.4 Å². The first-order chi connectivity index (χ1) is 9.40. The van der Waals surface area contributed by atoms with Gasteiger partial charge in [0.2, 0.25) is 0 Å². The maximum atomic E-state index is 12.2. The van der Waals surface area contributed by atoms with Crippen molar-refractivity contribution in [2.24, 2.45) is 5.41 Å². The van der Waals surface area contributed by atoms with Crippen molar-refractivity contribution < 1.29 is 0 Å². The number of alkyl halides is 1. The van der Waals surface area contributed by atoms with Gasteiger partial charge in [-0.2, -0.15) is 4.98 Å². The Bertz CT molecular complexity index is 505. The summed E-state index contributed by atoms with van der Waals surface area (Å²) in [5.74, 6) is 0. The smallest absolute Gasteiger partial charge is 0.295 e. The fourth-order valence-corrected chi connectivity index (χ4v) is 3.86. The fourth-order valence-electron chi connectivity index (χ4n) is 2.82. The Labute approximate surface area is 138 Å². The molecule has 5 heteroatoms. The zero-order valence-corrected chi connectivity index (χ0v) is 16.0. The maximum absolute atomic E-state index is 12.2. The SMILES string of the molecule is CCCC(CBr)(CCC)Cn1c(C)c(Br)c(C)nc1=O. The summed E-state index contributed by atoms with van der Waals surface area (Å²) < 4.78 is 2.76. The van der Waals surface area contributed by atoms with Gasteiger partial charge in [-0.25, -0.2) is 4.79 Å². The van der Waals surface area contributed by atoms with E-state index >= 15 is 0 Å². The summed E-state index contributed by atoms with van der Waals surface area (Å²) >= 11 is 7.20. The topological polar surface area (TPSA) is 34.9 Å². The van der Waals surface area contributed by atoms with Crippen LogP contribution in [0, 0.1) is 19.3 Å². The summed E-state index contributed by atoms with van der Waals surface area (Å²) in [4.78, 5) is 16.3. The minimum atomic E-state index is -0.138. The molecule has 0 saturated heterocycles. The first-order valence-electron chi connectivity index (χ1n) is 7.20. The van der Waals surface area contributed by atoms with Crippen LogP contribution in [0.3, 0.4) is 0 Å². The maximum Gasteiger partial charge on any atom is 0.348 e. The largest absolute Gasteiger partial charge is 0.348 e. The van der Waals surface area contributed by atoms with Crippen molar-refractivity contribution in [1.82, 2.24) is 9.55 Å². The normalized spacial score (nSPS) is 11.9. The van der Waals surface area contributed by atoms with Gasteiger partial charge in [0, 0.05) is 17.6 Å². The van der Waals surface area contributed by atoms with Crippen LogP contribution in [0.15, 0.2) is 9.27 Å². The van der Waals surface area contributed by atoms with Gasteiger partial charge in [-0.05, 0) is 48.0 Å². The molecule has 1 aromatic heterocycles. The fraction of sp³-hybridized carbons (Fsp3) is 0.733. The molecule has 0 atom stereocenters. The average molecular weight is 408 g/mol. The number of hydrogen-bond acceptors (Lipinski definition) is 2. The van der Waals surface area contributed by atoms with Crippen molar-refractivity contribution in [2.45, 2.75) is 59.9 Å². The lowest BCUT2D eigenvalue weighted by atomic mass is 9.81. The van der Waals surface area contributed by atoms with Crippen molar-refractivity contribution >= 4 is 31.9 Å². The molecule has 0 radical (unpaired) electrons. The van der Waals surface area contributed by atoms with E-state index in [4.69, 9.17) is 0 Å². The molecular formula is C15H24Br2N2O. The van der Waals surface area contributed by atoms with Gasteiger partial charge in [0.1, 0.15) is 0 Å². The Morgan fingerprint density at radius 2 is 1.75 bits per heavy atom. The van der Waals surface area contributed by atoms with Gasteiger partial charge in [-0.3, -0.25) is 4.57 Å². The minimum Gasteiger partial charge on any atom is -0.295 e. The van der Waals surface area contributed by atoms with Crippen molar-refractivity contribution in [3.05, 3.63) is 26.3 Å². The van der Waals surface area contributed by atoms with Gasteiger partial charge < -0.3 is 0 Å². The quantitative estimate of drug-likeness (QED) is 0.618. The number of nitrogens with zero attached hydrogens (tertiary/aromatic N) is 2. The lowest BCUT2D eigenvalue weighted by Gasteiger charge is -2.33. The molecule has 0 saturated carbocycles. The van der Waals surface area contributed by atoms with Crippen LogP contribution >= 0.6 is 31.9 Å². The molecule has 0 spiro atoms. The third kappa shape index (κ3) is 3.94. The highest BCUT2D eigenvalue weighted by Crippen LogP contribution is 2.34. The molecule has 0 aliphatic rings. The Morgan fingerprint density at radius 1 is 1.20 bits per heavy atom. The van der Waals surface area contributed by atoms with Gasteiger partial charge >= 0.3 is 5.69 Å². The van der Waals surface area contributed by atoms with Gasteiger partial charge in [0.05, 0.1) is 10.2 Å². The zero-order valence-electron chi connectivity index (χ0n) is 12.8. The molecule has 1 rings (SSSR count). The molecule has 0 aromatic carbocycles. The minimum absolute atomic E-state index is 0.133. The van der Waals surface area contributed by atoms with Crippen LogP contribution in [0.4, 0.5) is 0 Å². The zero-order chi connectivity index (χ0) is 15.3. The monoisotopic (exact) mass is 406 g/mol. The van der Waals surface area contributed by atoms with Crippen LogP contribution in [0.2, 0.25) is 0 Å². The Kier molecular flexibility index (Phi) is 6.92. The van der Waals surface area contributed by atoms with Crippen LogP contribution in [0.1, 0.15) is 50.9 Å². The summed E-state index contributed by atoms with van der Waals surface area (Å²) in [5.41, 5.74) is 1.73. The molecular weight excluding hydrogens is 384 g/mol. The molecule has 1 heterocycles. The van der Waals surface area contributed by atoms with E-state index in [9.17, 15) is 4.79 Å². The van der Waals surface area contributed by atoms with E-state index in [0.29, 0.717) is 0 Å². The summed E-state index contributed by atoms with van der Waals surface area (Å²) in [6.45, 7) is 8.98. The second-order valence-electron chi connectivity index (χ2n) is 5.60. The van der Waals surface area contributed by atoms with Crippen molar-refractivity contribution in [1.29, 1.82) is 0 Å². The first kappa shape index (κ1) is 17.9. The van der Waals surface area contributed by atoms with Gasteiger partial charge in [0.25, 0.3) is 0 Å². The molecule has 0 bridgehead atoms. The van der Waals surface area contributed by atoms with E-state index in [2.05, 4.69) is 50.7 Å². The number of rotatable bonds is 7. The molecule has 0 amide bonds. The van der Waals surface area contributed by atoms with Crippen molar-refractivity contribution in [2.75, 3.05) is 5.33 Å². The van der Waals surface area contributed by atoms with Gasteiger partial charge in [-0.15, -0.1) is 0 Å². The van der Waals surface area contributed by atoms with Crippen LogP contribution in [0.5, 0.6) is 0 Å². The standard InChI is InChI=1S/C15H24Br2N2O/c1-5-7-15(9-16,8-6-2)10-19-12(4)13(17)11(3)18-14(19)20/h5-10H2,1-4H3. The predicted molar refractivity (Wildman–Crippen MR) is 91.7 cm³/mol. The Balaban J connectivity index is 3.24. The highest BCUT2D eigenvalue weighted by molar-refractivity contribution is 9.10. The lowest BCUT2D eigenvalue weighted by molar-refractivity contribution is 0.226. The molecule has 3 nitrogen and oxygen atoms in total. The van der Waals surface area contributed by atoms with Gasteiger partial charge in [-0.1, -0.05) is 42.6 Å². The van der Waals surface area contributed by atoms with Gasteiger partial charge in [0.15, 0.2) is 0 Å². The third-order valence-corrected chi connectivity index (χ3v) is 6.21. The summed E-state index contributed by atoms with van der Waals surface area (Å²) in [6, 6.07) is 0. The summed E-state index contributed by atoms with van der Waals surface area (Å²) in [6.07, 6.45) is 4.48. The molecule has 1 aromatic rings. The van der Waals surface area contributed by atoms with E-state index in [-0.39, 0.29) is 11.1 Å². The summed E-state index contributed by atoms with van der Waals surface area (Å²) in [5, 5.41) is 0.916.